The molecule has 1 aliphatic heterocycles. The zero-order chi connectivity index (χ0) is 25.6. The van der Waals surface area contributed by atoms with Gasteiger partial charge in [-0.2, -0.15) is 18.3 Å². The van der Waals surface area contributed by atoms with E-state index in [0.29, 0.717) is 25.9 Å². The molecule has 3 N–H and O–H groups in total. The van der Waals surface area contributed by atoms with Crippen LogP contribution in [0.1, 0.15) is 49.0 Å². The Labute approximate surface area is 198 Å². The Kier molecular flexibility index (Phi) is 8.38. The quantitative estimate of drug-likeness (QED) is 0.350. The third-order valence-corrected chi connectivity index (χ3v) is 5.47. The molecule has 0 spiro atoms. The number of Topliss-reactive ketones (excluding diaryl/α,β-unsaturated/α-hetero) is 1. The molecular formula is C21H26F3N7O4. The van der Waals surface area contributed by atoms with E-state index in [0.717, 1.165) is 12.4 Å². The van der Waals surface area contributed by atoms with Crippen LogP contribution in [-0.4, -0.2) is 57.6 Å². The highest BCUT2D eigenvalue weighted by Gasteiger charge is 2.32. The lowest BCUT2D eigenvalue weighted by molar-refractivity contribution is -0.138. The van der Waals surface area contributed by atoms with E-state index in [1.54, 1.807) is 11.8 Å². The van der Waals surface area contributed by atoms with Gasteiger partial charge in [0.25, 0.3) is 5.56 Å². The highest BCUT2D eigenvalue weighted by Crippen LogP contribution is 2.29. The smallest absolute Gasteiger partial charge is 0.378 e. The number of anilines is 2. The summed E-state index contributed by atoms with van der Waals surface area (Å²) in [6.07, 6.45) is -0.0849. The fraction of sp³-hybridized carbons (Fsp3) is 0.524. The van der Waals surface area contributed by atoms with Crippen molar-refractivity contribution < 1.29 is 27.6 Å². The Balaban J connectivity index is 1.38. The molecule has 0 unspecified atom stereocenters. The molecule has 0 aliphatic carbocycles. The van der Waals surface area contributed by atoms with Crippen LogP contribution in [0.4, 0.5) is 24.8 Å². The highest BCUT2D eigenvalue weighted by molar-refractivity contribution is 5.98. The first-order valence-electron chi connectivity index (χ1n) is 10.9. The minimum Gasteiger partial charge on any atom is -0.378 e. The predicted molar refractivity (Wildman–Crippen MR) is 119 cm³/mol. The minimum atomic E-state index is -4.48. The number of nitrogens with one attached hydrogen (secondary N) is 3. The monoisotopic (exact) mass is 497 g/mol. The van der Waals surface area contributed by atoms with E-state index in [4.69, 9.17) is 4.84 Å². The van der Waals surface area contributed by atoms with Crippen molar-refractivity contribution in [3.63, 3.8) is 0 Å². The number of amides is 1. The van der Waals surface area contributed by atoms with Crippen LogP contribution in [0.2, 0.25) is 0 Å². The number of aromatic nitrogens is 4. The average Bonchev–Trinajstić information content (AvgIpc) is 2.79. The number of nitrogens with zero attached hydrogens (tertiary/aromatic N) is 4. The van der Waals surface area contributed by atoms with Crippen molar-refractivity contribution in [2.75, 3.05) is 29.9 Å². The van der Waals surface area contributed by atoms with Crippen molar-refractivity contribution in [3.05, 3.63) is 40.1 Å². The number of carbonyl (C=O) groups is 2. The molecule has 11 nitrogen and oxygen atoms in total. The molecule has 0 bridgehead atoms. The van der Waals surface area contributed by atoms with Gasteiger partial charge in [-0.25, -0.2) is 20.5 Å². The van der Waals surface area contributed by atoms with Crippen LogP contribution in [0.3, 0.4) is 0 Å². The van der Waals surface area contributed by atoms with E-state index in [2.05, 4.69) is 31.0 Å². The van der Waals surface area contributed by atoms with Gasteiger partial charge >= 0.3 is 6.18 Å². The van der Waals surface area contributed by atoms with Crippen LogP contribution < -0.4 is 21.3 Å². The molecular weight excluding hydrogens is 471 g/mol. The van der Waals surface area contributed by atoms with Crippen molar-refractivity contribution in [2.45, 2.75) is 45.3 Å². The zero-order valence-corrected chi connectivity index (χ0v) is 19.2. The maximum Gasteiger partial charge on any atom is 0.419 e. The summed E-state index contributed by atoms with van der Waals surface area (Å²) >= 11 is 0. The average molecular weight is 497 g/mol. The summed E-state index contributed by atoms with van der Waals surface area (Å²) < 4.78 is 38.0. The van der Waals surface area contributed by atoms with Gasteiger partial charge in [0.2, 0.25) is 11.9 Å². The number of alkyl halides is 3. The molecule has 1 atom stereocenters. The van der Waals surface area contributed by atoms with Gasteiger partial charge in [0.15, 0.2) is 5.78 Å². The fourth-order valence-corrected chi connectivity index (χ4v) is 3.68. The highest BCUT2D eigenvalue weighted by atomic mass is 19.4. The van der Waals surface area contributed by atoms with E-state index in [1.807, 2.05) is 0 Å². The second kappa shape index (κ2) is 11.3. The number of carbonyl (C=O) groups excluding carboxylic acids is 2. The van der Waals surface area contributed by atoms with Gasteiger partial charge in [-0.1, -0.05) is 0 Å². The molecule has 14 heteroatoms. The molecule has 1 saturated heterocycles. The fourth-order valence-electron chi connectivity index (χ4n) is 3.68. The molecule has 35 heavy (non-hydrogen) atoms. The summed E-state index contributed by atoms with van der Waals surface area (Å²) in [5.74, 6) is -0.397. The van der Waals surface area contributed by atoms with Crippen molar-refractivity contribution in [3.8, 4) is 0 Å². The molecule has 2 aromatic heterocycles. The van der Waals surface area contributed by atoms with Crippen LogP contribution in [0.5, 0.6) is 0 Å². The van der Waals surface area contributed by atoms with Gasteiger partial charge in [0, 0.05) is 37.9 Å². The molecule has 3 rings (SSSR count). The van der Waals surface area contributed by atoms with Gasteiger partial charge in [-0.15, -0.1) is 0 Å². The summed E-state index contributed by atoms with van der Waals surface area (Å²) in [5.41, 5.74) is 1.12. The van der Waals surface area contributed by atoms with Crippen molar-refractivity contribution in [1.82, 2.24) is 25.6 Å². The molecule has 0 aromatic carbocycles. The first-order valence-corrected chi connectivity index (χ1v) is 10.9. The molecule has 0 radical (unpaired) electrons. The summed E-state index contributed by atoms with van der Waals surface area (Å²) in [6.45, 7) is 4.13. The van der Waals surface area contributed by atoms with Crippen LogP contribution in [0.15, 0.2) is 23.4 Å². The van der Waals surface area contributed by atoms with Crippen LogP contribution in [-0.2, 0) is 15.8 Å². The Morgan fingerprint density at radius 1 is 1.23 bits per heavy atom. The molecule has 1 amide bonds. The molecule has 2 aromatic rings. The lowest BCUT2D eigenvalue weighted by Crippen LogP contribution is -2.37. The standard InChI is InChI=1S/C21H26F3N7O4/c1-12(28-16-10-27-29-19(34)18(16)13(2)32)11-35-30-17(33)7-14-3-5-31(6-4-14)20-25-8-15(9-26-20)21(22,23)24/h8-10,12,14H,3-7,11H2,1-2H3,(H,30,33)(H2,28,29,34)/t12-/m0/s1. The lowest BCUT2D eigenvalue weighted by atomic mass is 9.93. The Morgan fingerprint density at radius 3 is 2.49 bits per heavy atom. The lowest BCUT2D eigenvalue weighted by Gasteiger charge is -2.31. The Bertz CT molecular complexity index is 1080. The summed E-state index contributed by atoms with van der Waals surface area (Å²) in [5, 5.41) is 8.84. The maximum atomic E-state index is 12.7. The van der Waals surface area contributed by atoms with Gasteiger partial charge < -0.3 is 10.2 Å². The SMILES string of the molecule is CC(=O)c1c(N[C@@H](C)CONC(=O)CC2CCN(c3ncc(C(F)(F)F)cn3)CC2)cn[nH]c1=O. The van der Waals surface area contributed by atoms with Crippen LogP contribution in [0.25, 0.3) is 0 Å². The normalized spacial score (nSPS) is 15.5. The summed E-state index contributed by atoms with van der Waals surface area (Å²) in [7, 11) is 0. The van der Waals surface area contributed by atoms with Gasteiger partial charge in [-0.3, -0.25) is 19.2 Å². The second-order valence-electron chi connectivity index (χ2n) is 8.33. The largest absolute Gasteiger partial charge is 0.419 e. The van der Waals surface area contributed by atoms with Crippen molar-refractivity contribution in [1.29, 1.82) is 0 Å². The molecule has 1 fully saturated rings. The zero-order valence-electron chi connectivity index (χ0n) is 19.2. The molecule has 0 saturated carbocycles. The summed E-state index contributed by atoms with van der Waals surface area (Å²) in [4.78, 5) is 50.4. The maximum absolute atomic E-state index is 12.7. The summed E-state index contributed by atoms with van der Waals surface area (Å²) in [6, 6.07) is -0.344. The molecule has 1 aliphatic rings. The van der Waals surface area contributed by atoms with E-state index in [-0.39, 0.29) is 48.1 Å². The number of H-pyrrole nitrogens is 1. The third kappa shape index (κ3) is 7.21. The number of rotatable bonds is 9. The molecule has 190 valence electrons. The van der Waals surface area contributed by atoms with Gasteiger partial charge in [-0.05, 0) is 32.6 Å². The first kappa shape index (κ1) is 26.1. The predicted octanol–water partition coefficient (Wildman–Crippen LogP) is 1.94. The van der Waals surface area contributed by atoms with E-state index < -0.39 is 23.1 Å². The van der Waals surface area contributed by atoms with E-state index >= 15 is 0 Å². The number of ketones is 1. The van der Waals surface area contributed by atoms with E-state index in [9.17, 15) is 27.6 Å². The number of hydrogen-bond donors (Lipinski definition) is 3. The number of halogens is 3. The Hall–Kier alpha value is -3.55. The first-order chi connectivity index (χ1) is 16.5. The van der Waals surface area contributed by atoms with Crippen molar-refractivity contribution in [2.24, 2.45) is 5.92 Å². The second-order valence-corrected chi connectivity index (χ2v) is 8.33. The molecule has 3 heterocycles. The topological polar surface area (TPSA) is 142 Å². The number of piperidine rings is 1. The van der Waals surface area contributed by atoms with E-state index in [1.165, 1.54) is 13.1 Å². The number of hydrogen-bond acceptors (Lipinski definition) is 9. The van der Waals surface area contributed by atoms with Crippen molar-refractivity contribution >= 4 is 23.3 Å². The Morgan fingerprint density at radius 2 is 1.89 bits per heavy atom. The third-order valence-electron chi connectivity index (χ3n) is 5.47. The van der Waals surface area contributed by atoms with Gasteiger partial charge in [0.05, 0.1) is 24.1 Å². The van der Waals surface area contributed by atoms with Crippen LogP contribution in [0, 0.1) is 5.92 Å². The number of hydroxylamine groups is 1. The number of aromatic amines is 1. The minimum absolute atomic E-state index is 0.0380. The van der Waals surface area contributed by atoms with Gasteiger partial charge in [0.1, 0.15) is 5.56 Å². The van der Waals surface area contributed by atoms with Crippen LogP contribution >= 0.6 is 0 Å².